The van der Waals surface area contributed by atoms with Gasteiger partial charge in [0.2, 0.25) is 6.79 Å². The van der Waals surface area contributed by atoms with Crippen molar-refractivity contribution in [3.8, 4) is 17.2 Å². The van der Waals surface area contributed by atoms with Gasteiger partial charge in [-0.1, -0.05) is 29.8 Å². The molecule has 0 aromatic heterocycles. The number of benzene rings is 3. The number of hydrogen-bond acceptors (Lipinski definition) is 5. The second-order valence-electron chi connectivity index (χ2n) is 8.24. The molecule has 0 radical (unpaired) electrons. The van der Waals surface area contributed by atoms with Crippen LogP contribution < -0.4 is 19.1 Å². The zero-order chi connectivity index (χ0) is 22.6. The second kappa shape index (κ2) is 9.89. The number of anilines is 1. The lowest BCUT2D eigenvalue weighted by molar-refractivity contribution is 0.159. The molecule has 1 saturated heterocycles. The van der Waals surface area contributed by atoms with E-state index >= 15 is 0 Å². The van der Waals surface area contributed by atoms with E-state index in [9.17, 15) is 4.39 Å². The van der Waals surface area contributed by atoms with Gasteiger partial charge in [-0.2, -0.15) is 0 Å². The van der Waals surface area contributed by atoms with Crippen molar-refractivity contribution in [3.63, 3.8) is 0 Å². The van der Waals surface area contributed by atoms with E-state index in [1.165, 1.54) is 12.1 Å². The van der Waals surface area contributed by atoms with Gasteiger partial charge in [-0.15, -0.1) is 0 Å². The van der Waals surface area contributed by atoms with Crippen molar-refractivity contribution in [2.75, 3.05) is 44.4 Å². The molecule has 5 nitrogen and oxygen atoms in total. The fraction of sp³-hybridized carbons (Fsp3) is 0.308. The average molecular weight is 469 g/mol. The summed E-state index contributed by atoms with van der Waals surface area (Å²) in [6, 6.07) is 20.2. The summed E-state index contributed by atoms with van der Waals surface area (Å²) < 4.78 is 30.6. The maximum atomic E-state index is 13.2. The number of ether oxygens (including phenoxy) is 3. The van der Waals surface area contributed by atoms with Crippen LogP contribution in [0.1, 0.15) is 18.1 Å². The summed E-state index contributed by atoms with van der Waals surface area (Å²) in [5, 5.41) is 0.594. The molecule has 1 atom stereocenters. The molecule has 0 amide bonds. The van der Waals surface area contributed by atoms with Gasteiger partial charge in [0, 0.05) is 44.8 Å². The first-order valence-corrected chi connectivity index (χ1v) is 11.6. The third-order valence-corrected chi connectivity index (χ3v) is 6.46. The van der Waals surface area contributed by atoms with Crippen LogP contribution in [0.5, 0.6) is 17.2 Å². The Morgan fingerprint density at radius 1 is 0.909 bits per heavy atom. The molecule has 1 fully saturated rings. The summed E-state index contributed by atoms with van der Waals surface area (Å²) in [4.78, 5) is 4.74. The number of para-hydroxylation sites is 1. The van der Waals surface area contributed by atoms with Crippen molar-refractivity contribution in [2.24, 2.45) is 0 Å². The van der Waals surface area contributed by atoms with Crippen LogP contribution >= 0.6 is 11.6 Å². The van der Waals surface area contributed by atoms with Crippen LogP contribution in [-0.2, 0) is 0 Å². The Morgan fingerprint density at radius 3 is 2.45 bits per heavy atom. The third-order valence-electron chi connectivity index (χ3n) is 6.15. The Labute approximate surface area is 198 Å². The molecular weight excluding hydrogens is 443 g/mol. The fourth-order valence-corrected chi connectivity index (χ4v) is 4.46. The van der Waals surface area contributed by atoms with E-state index < -0.39 is 0 Å². The van der Waals surface area contributed by atoms with Crippen molar-refractivity contribution in [1.82, 2.24) is 4.90 Å². The number of piperazine rings is 1. The van der Waals surface area contributed by atoms with E-state index in [0.29, 0.717) is 10.8 Å². The van der Waals surface area contributed by atoms with Crippen LogP contribution in [0.2, 0.25) is 5.02 Å². The first-order chi connectivity index (χ1) is 16.2. The zero-order valence-electron chi connectivity index (χ0n) is 18.3. The molecule has 2 aliphatic heterocycles. The Kier molecular flexibility index (Phi) is 6.55. The van der Waals surface area contributed by atoms with E-state index in [1.807, 2.05) is 54.6 Å². The average Bonchev–Trinajstić information content (AvgIpc) is 3.32. The zero-order valence-corrected chi connectivity index (χ0v) is 19.0. The maximum Gasteiger partial charge on any atom is 0.231 e. The minimum absolute atomic E-state index is 0.172. The molecule has 172 valence electrons. The molecular formula is C26H26ClFN2O3. The Hall–Kier alpha value is -2.96. The summed E-state index contributed by atoms with van der Waals surface area (Å²) in [6.45, 7) is 4.83. The molecule has 1 unspecified atom stereocenters. The van der Waals surface area contributed by atoms with E-state index in [2.05, 4.69) is 9.80 Å². The van der Waals surface area contributed by atoms with Crippen molar-refractivity contribution < 1.29 is 18.6 Å². The second-order valence-corrected chi connectivity index (χ2v) is 8.65. The van der Waals surface area contributed by atoms with Gasteiger partial charge in [0.25, 0.3) is 0 Å². The molecule has 0 spiro atoms. The van der Waals surface area contributed by atoms with E-state index in [-0.39, 0.29) is 18.7 Å². The van der Waals surface area contributed by atoms with Gasteiger partial charge < -0.3 is 19.1 Å². The third kappa shape index (κ3) is 5.18. The van der Waals surface area contributed by atoms with E-state index in [4.69, 9.17) is 25.8 Å². The largest absolute Gasteiger partial charge is 0.484 e. The SMILES string of the molecule is Fc1ccc(N2CCN(CCC(Oc3ccccc3Cl)c3ccc4c(c3)OCO4)CC2)cc1. The summed E-state index contributed by atoms with van der Waals surface area (Å²) in [5.41, 5.74) is 2.10. The molecule has 0 aliphatic carbocycles. The first kappa shape index (κ1) is 21.9. The molecule has 7 heteroatoms. The van der Waals surface area contributed by atoms with Crippen LogP contribution in [0.3, 0.4) is 0 Å². The van der Waals surface area contributed by atoms with Crippen LogP contribution in [0.25, 0.3) is 0 Å². The minimum atomic E-state index is -0.203. The van der Waals surface area contributed by atoms with E-state index in [1.54, 1.807) is 0 Å². The lowest BCUT2D eigenvalue weighted by atomic mass is 10.0. The number of halogens is 2. The van der Waals surface area contributed by atoms with E-state index in [0.717, 1.165) is 61.9 Å². The molecule has 2 heterocycles. The standard InChI is InChI=1S/C26H26ClFN2O3/c27-22-3-1-2-4-24(22)33-23(19-5-10-25-26(17-19)32-18-31-25)11-12-29-13-15-30(16-14-29)21-8-6-20(28)7-9-21/h1-10,17,23H,11-16,18H2. The minimum Gasteiger partial charge on any atom is -0.484 e. The number of hydrogen-bond donors (Lipinski definition) is 0. The topological polar surface area (TPSA) is 34.2 Å². The van der Waals surface area contributed by atoms with Gasteiger partial charge in [0.1, 0.15) is 17.7 Å². The molecule has 0 saturated carbocycles. The molecule has 0 bridgehead atoms. The fourth-order valence-electron chi connectivity index (χ4n) is 4.28. The van der Waals surface area contributed by atoms with Crippen LogP contribution in [0.15, 0.2) is 66.7 Å². The van der Waals surface area contributed by atoms with Crippen LogP contribution in [-0.4, -0.2) is 44.4 Å². The highest BCUT2D eigenvalue weighted by Crippen LogP contribution is 2.37. The predicted molar refractivity (Wildman–Crippen MR) is 127 cm³/mol. The summed E-state index contributed by atoms with van der Waals surface area (Å²) >= 11 is 6.37. The molecule has 3 aromatic carbocycles. The molecule has 5 rings (SSSR count). The lowest BCUT2D eigenvalue weighted by Gasteiger charge is -2.36. The number of fused-ring (bicyclic) bond motifs is 1. The molecule has 33 heavy (non-hydrogen) atoms. The number of nitrogens with zero attached hydrogens (tertiary/aromatic N) is 2. The van der Waals surface area contributed by atoms with Gasteiger partial charge in [-0.25, -0.2) is 4.39 Å². The lowest BCUT2D eigenvalue weighted by Crippen LogP contribution is -2.46. The summed E-state index contributed by atoms with van der Waals surface area (Å²) in [6.07, 6.45) is 0.635. The molecule has 2 aliphatic rings. The Morgan fingerprint density at radius 2 is 1.67 bits per heavy atom. The van der Waals surface area contributed by atoms with Crippen LogP contribution in [0.4, 0.5) is 10.1 Å². The van der Waals surface area contributed by atoms with Crippen molar-refractivity contribution >= 4 is 17.3 Å². The van der Waals surface area contributed by atoms with Gasteiger partial charge in [0.15, 0.2) is 11.5 Å². The highest BCUT2D eigenvalue weighted by atomic mass is 35.5. The smallest absolute Gasteiger partial charge is 0.231 e. The van der Waals surface area contributed by atoms with Crippen molar-refractivity contribution in [3.05, 3.63) is 83.1 Å². The molecule has 0 N–H and O–H groups in total. The monoisotopic (exact) mass is 468 g/mol. The van der Waals surface area contributed by atoms with Crippen molar-refractivity contribution in [1.29, 1.82) is 0 Å². The van der Waals surface area contributed by atoms with Gasteiger partial charge in [-0.05, 0) is 54.1 Å². The maximum absolute atomic E-state index is 13.2. The van der Waals surface area contributed by atoms with Gasteiger partial charge in [-0.3, -0.25) is 4.90 Å². The van der Waals surface area contributed by atoms with Gasteiger partial charge >= 0.3 is 0 Å². The quantitative estimate of drug-likeness (QED) is 0.455. The highest BCUT2D eigenvalue weighted by molar-refractivity contribution is 6.32. The highest BCUT2D eigenvalue weighted by Gasteiger charge is 2.23. The summed E-state index contributed by atoms with van der Waals surface area (Å²) in [5.74, 6) is 1.97. The Bertz CT molecular complexity index is 1090. The Balaban J connectivity index is 1.25. The normalized spacial score (nSPS) is 16.6. The number of rotatable bonds is 7. The molecule has 3 aromatic rings. The van der Waals surface area contributed by atoms with Crippen LogP contribution in [0, 0.1) is 5.82 Å². The predicted octanol–water partition coefficient (Wildman–Crippen LogP) is 5.54. The first-order valence-electron chi connectivity index (χ1n) is 11.2. The van der Waals surface area contributed by atoms with Crippen molar-refractivity contribution in [2.45, 2.75) is 12.5 Å². The summed E-state index contributed by atoms with van der Waals surface area (Å²) in [7, 11) is 0. The van der Waals surface area contributed by atoms with Gasteiger partial charge in [0.05, 0.1) is 5.02 Å².